The summed E-state index contributed by atoms with van der Waals surface area (Å²) in [5.74, 6) is 1.59. The van der Waals surface area contributed by atoms with Gasteiger partial charge in [-0.3, -0.25) is 0 Å². The van der Waals surface area contributed by atoms with Crippen LogP contribution in [-0.4, -0.2) is 52.2 Å². The molecule has 2 aliphatic rings. The van der Waals surface area contributed by atoms with Crippen LogP contribution in [0, 0.1) is 0 Å². The predicted octanol–water partition coefficient (Wildman–Crippen LogP) is 2.86. The number of carbonyl (C=O) groups excluding carboxylic acids is 1. The van der Waals surface area contributed by atoms with Crippen molar-refractivity contribution in [1.82, 2.24) is 19.9 Å². The van der Waals surface area contributed by atoms with Crippen molar-refractivity contribution in [3.05, 3.63) is 11.7 Å². The minimum absolute atomic E-state index is 0. The SMILES string of the molecule is CCN(CC)C(=O)N1CCC(c2nc(C3(N)CCCC3)no2)CC1.Cl. The lowest BCUT2D eigenvalue weighted by atomic mass is 9.96. The van der Waals surface area contributed by atoms with Gasteiger partial charge in [-0.2, -0.15) is 4.98 Å². The zero-order chi connectivity index (χ0) is 17.2. The Hall–Kier alpha value is -1.34. The zero-order valence-corrected chi connectivity index (χ0v) is 16.1. The molecule has 1 aliphatic heterocycles. The highest BCUT2D eigenvalue weighted by molar-refractivity contribution is 5.85. The van der Waals surface area contributed by atoms with Gasteiger partial charge in [-0.25, -0.2) is 4.79 Å². The van der Waals surface area contributed by atoms with Crippen LogP contribution in [0.3, 0.4) is 0 Å². The summed E-state index contributed by atoms with van der Waals surface area (Å²) in [6.07, 6.45) is 5.86. The highest BCUT2D eigenvalue weighted by Gasteiger charge is 2.37. The van der Waals surface area contributed by atoms with Gasteiger partial charge in [0.2, 0.25) is 5.89 Å². The molecule has 2 fully saturated rings. The lowest BCUT2D eigenvalue weighted by Gasteiger charge is -2.34. The third-order valence-corrected chi connectivity index (χ3v) is 5.53. The van der Waals surface area contributed by atoms with E-state index in [9.17, 15) is 4.79 Å². The van der Waals surface area contributed by atoms with E-state index in [-0.39, 0.29) is 24.4 Å². The van der Waals surface area contributed by atoms with Gasteiger partial charge in [-0.05, 0) is 39.5 Å². The van der Waals surface area contributed by atoms with E-state index in [1.807, 2.05) is 23.6 Å². The Bertz CT molecular complexity index is 561. The number of likely N-dealkylation sites (tertiary alicyclic amines) is 1. The van der Waals surface area contributed by atoms with Gasteiger partial charge in [-0.15, -0.1) is 12.4 Å². The third-order valence-electron chi connectivity index (χ3n) is 5.53. The molecule has 8 heteroatoms. The van der Waals surface area contributed by atoms with E-state index in [4.69, 9.17) is 10.3 Å². The molecule has 7 nitrogen and oxygen atoms in total. The number of nitrogens with two attached hydrogens (primary N) is 1. The van der Waals surface area contributed by atoms with E-state index < -0.39 is 5.54 Å². The van der Waals surface area contributed by atoms with Crippen molar-refractivity contribution in [2.24, 2.45) is 5.73 Å². The first-order chi connectivity index (χ1) is 11.6. The molecule has 1 aromatic heterocycles. The van der Waals surface area contributed by atoms with Crippen LogP contribution in [0.15, 0.2) is 4.52 Å². The predicted molar refractivity (Wildman–Crippen MR) is 97.7 cm³/mol. The fourth-order valence-electron chi connectivity index (χ4n) is 3.84. The summed E-state index contributed by atoms with van der Waals surface area (Å²) in [6, 6.07) is 0.136. The molecule has 0 atom stereocenters. The molecular weight excluding hydrogens is 342 g/mol. The molecule has 2 heterocycles. The van der Waals surface area contributed by atoms with Crippen LogP contribution in [0.25, 0.3) is 0 Å². The number of piperidine rings is 1. The molecule has 0 bridgehead atoms. The number of hydrogen-bond acceptors (Lipinski definition) is 5. The molecule has 142 valence electrons. The lowest BCUT2D eigenvalue weighted by Crippen LogP contribution is -2.46. The topological polar surface area (TPSA) is 88.5 Å². The molecule has 0 unspecified atom stereocenters. The van der Waals surface area contributed by atoms with Crippen molar-refractivity contribution < 1.29 is 9.32 Å². The van der Waals surface area contributed by atoms with Crippen molar-refractivity contribution in [3.63, 3.8) is 0 Å². The summed E-state index contributed by atoms with van der Waals surface area (Å²) in [4.78, 5) is 20.8. The minimum Gasteiger partial charge on any atom is -0.339 e. The van der Waals surface area contributed by atoms with E-state index in [1.54, 1.807) is 0 Å². The number of hydrogen-bond donors (Lipinski definition) is 1. The van der Waals surface area contributed by atoms with Gasteiger partial charge < -0.3 is 20.1 Å². The molecule has 2 amide bonds. The van der Waals surface area contributed by atoms with Crippen LogP contribution >= 0.6 is 12.4 Å². The second kappa shape index (κ2) is 8.36. The molecule has 3 rings (SSSR count). The monoisotopic (exact) mass is 371 g/mol. The van der Waals surface area contributed by atoms with E-state index in [0.29, 0.717) is 11.7 Å². The zero-order valence-electron chi connectivity index (χ0n) is 15.2. The number of aromatic nitrogens is 2. The summed E-state index contributed by atoms with van der Waals surface area (Å²) < 4.78 is 5.51. The molecule has 1 aliphatic carbocycles. The largest absolute Gasteiger partial charge is 0.339 e. The van der Waals surface area contributed by atoms with Gasteiger partial charge in [0.15, 0.2) is 5.82 Å². The second-order valence-electron chi connectivity index (χ2n) is 7.04. The number of carbonyl (C=O) groups is 1. The maximum absolute atomic E-state index is 12.4. The van der Waals surface area contributed by atoms with E-state index in [2.05, 4.69) is 10.1 Å². The first-order valence-corrected chi connectivity index (χ1v) is 9.24. The highest BCUT2D eigenvalue weighted by Crippen LogP contribution is 2.36. The third kappa shape index (κ3) is 4.08. The van der Waals surface area contributed by atoms with Crippen LogP contribution in [0.5, 0.6) is 0 Å². The Labute approximate surface area is 155 Å². The van der Waals surface area contributed by atoms with E-state index >= 15 is 0 Å². The Balaban J connectivity index is 0.00000225. The van der Waals surface area contributed by atoms with Crippen molar-refractivity contribution in [2.45, 2.75) is 63.8 Å². The average molecular weight is 372 g/mol. The fourth-order valence-corrected chi connectivity index (χ4v) is 3.84. The molecule has 1 aromatic rings. The number of amides is 2. The summed E-state index contributed by atoms with van der Waals surface area (Å²) >= 11 is 0. The van der Waals surface area contributed by atoms with Crippen LogP contribution in [0.2, 0.25) is 0 Å². The first kappa shape index (κ1) is 20.0. The normalized spacial score (nSPS) is 20.4. The lowest BCUT2D eigenvalue weighted by molar-refractivity contribution is 0.140. The van der Waals surface area contributed by atoms with Crippen molar-refractivity contribution in [3.8, 4) is 0 Å². The fraction of sp³-hybridized carbons (Fsp3) is 0.824. The smallest absolute Gasteiger partial charge is 0.319 e. The molecule has 0 aromatic carbocycles. The Morgan fingerprint density at radius 1 is 1.28 bits per heavy atom. The molecule has 25 heavy (non-hydrogen) atoms. The molecule has 1 saturated carbocycles. The van der Waals surface area contributed by atoms with Gasteiger partial charge >= 0.3 is 6.03 Å². The van der Waals surface area contributed by atoms with Crippen LogP contribution in [0.1, 0.15) is 70.0 Å². The van der Waals surface area contributed by atoms with Crippen molar-refractivity contribution in [2.75, 3.05) is 26.2 Å². The van der Waals surface area contributed by atoms with Gasteiger partial charge in [0.1, 0.15) is 0 Å². The molecule has 0 spiro atoms. The number of rotatable bonds is 4. The minimum atomic E-state index is -0.402. The van der Waals surface area contributed by atoms with E-state index in [1.165, 1.54) is 0 Å². The van der Waals surface area contributed by atoms with Gasteiger partial charge in [0.25, 0.3) is 0 Å². The maximum atomic E-state index is 12.4. The van der Waals surface area contributed by atoms with Gasteiger partial charge in [0, 0.05) is 32.1 Å². The average Bonchev–Trinajstić information content (AvgIpc) is 3.26. The van der Waals surface area contributed by atoms with Crippen molar-refractivity contribution >= 4 is 18.4 Å². The molecule has 1 saturated heterocycles. The summed E-state index contributed by atoms with van der Waals surface area (Å²) in [7, 11) is 0. The Kier molecular flexibility index (Phi) is 6.68. The summed E-state index contributed by atoms with van der Waals surface area (Å²) in [5.41, 5.74) is 6.00. The van der Waals surface area contributed by atoms with Crippen molar-refractivity contribution in [1.29, 1.82) is 0 Å². The second-order valence-corrected chi connectivity index (χ2v) is 7.04. The quantitative estimate of drug-likeness (QED) is 0.879. The summed E-state index contributed by atoms with van der Waals surface area (Å²) in [5, 5.41) is 4.15. The van der Waals surface area contributed by atoms with Gasteiger partial charge in [-0.1, -0.05) is 18.0 Å². The van der Waals surface area contributed by atoms with Crippen LogP contribution < -0.4 is 5.73 Å². The standard InChI is InChI=1S/C17H29N5O2.ClH/c1-3-21(4-2)16(23)22-11-7-13(8-12-22)14-19-15(20-24-14)17(18)9-5-6-10-17;/h13H,3-12,18H2,1-2H3;1H. The van der Waals surface area contributed by atoms with E-state index in [0.717, 1.165) is 64.7 Å². The Morgan fingerprint density at radius 3 is 2.44 bits per heavy atom. The first-order valence-electron chi connectivity index (χ1n) is 9.24. The Morgan fingerprint density at radius 2 is 1.88 bits per heavy atom. The number of nitrogens with zero attached hydrogens (tertiary/aromatic N) is 4. The van der Waals surface area contributed by atoms with Crippen LogP contribution in [0.4, 0.5) is 4.79 Å². The number of halogens is 1. The highest BCUT2D eigenvalue weighted by atomic mass is 35.5. The molecular formula is C17H30ClN5O2. The maximum Gasteiger partial charge on any atom is 0.319 e. The number of urea groups is 1. The molecule has 0 radical (unpaired) electrons. The van der Waals surface area contributed by atoms with Crippen LogP contribution in [-0.2, 0) is 5.54 Å². The summed E-state index contributed by atoms with van der Waals surface area (Å²) in [6.45, 7) is 7.01. The van der Waals surface area contributed by atoms with Gasteiger partial charge in [0.05, 0.1) is 5.54 Å². The molecule has 2 N–H and O–H groups in total.